The van der Waals surface area contributed by atoms with Gasteiger partial charge >= 0.3 is 0 Å². The molecule has 3 rings (SSSR count). The topological polar surface area (TPSA) is 65.5 Å². The van der Waals surface area contributed by atoms with Crippen LogP contribution in [0.25, 0.3) is 0 Å². The Morgan fingerprint density at radius 1 is 1.37 bits per heavy atom. The number of halogens is 1. The van der Waals surface area contributed by atoms with Gasteiger partial charge < -0.3 is 10.2 Å². The normalized spacial score (nSPS) is 15.9. The first-order chi connectivity index (χ1) is 12.9. The molecule has 8 heteroatoms. The van der Waals surface area contributed by atoms with Gasteiger partial charge in [0.1, 0.15) is 0 Å². The summed E-state index contributed by atoms with van der Waals surface area (Å²) in [4.78, 5) is 19.0. The number of hydrogen-bond donors (Lipinski definition) is 1. The average Bonchev–Trinajstić information content (AvgIpc) is 2.60. The summed E-state index contributed by atoms with van der Waals surface area (Å²) >= 11 is 6.02. The number of amides is 1. The number of hydrogen-bond acceptors (Lipinski definition) is 4. The number of aromatic nitrogens is 1. The highest BCUT2D eigenvalue weighted by Gasteiger charge is 2.32. The predicted octanol–water partition coefficient (Wildman–Crippen LogP) is 2.96. The quantitative estimate of drug-likeness (QED) is 0.800. The first-order valence-electron chi connectivity index (χ1n) is 8.75. The lowest BCUT2D eigenvalue weighted by molar-refractivity contribution is 0.102. The Morgan fingerprint density at radius 2 is 2.11 bits per heavy atom. The van der Waals surface area contributed by atoms with Crippen LogP contribution in [-0.2, 0) is 17.4 Å². The van der Waals surface area contributed by atoms with Crippen LogP contribution < -0.4 is 10.2 Å². The summed E-state index contributed by atoms with van der Waals surface area (Å²) in [5.41, 5.74) is 3.06. The van der Waals surface area contributed by atoms with Gasteiger partial charge in [-0.3, -0.25) is 9.78 Å². The zero-order valence-corrected chi connectivity index (χ0v) is 17.2. The van der Waals surface area contributed by atoms with Crippen LogP contribution in [0.2, 0.25) is 5.02 Å². The van der Waals surface area contributed by atoms with Gasteiger partial charge in [-0.05, 0) is 36.2 Å². The Bertz CT molecular complexity index is 871. The molecule has 1 unspecified atom stereocenters. The molecule has 0 radical (unpaired) electrons. The second-order valence-corrected chi connectivity index (χ2v) is 8.38. The van der Waals surface area contributed by atoms with Crippen LogP contribution in [-0.4, -0.2) is 51.8 Å². The molecule has 1 N–H and O–H groups in total. The Kier molecular flexibility index (Phi) is 6.14. The molecule has 6 nitrogen and oxygen atoms in total. The van der Waals surface area contributed by atoms with Gasteiger partial charge in [0.2, 0.25) is 0 Å². The van der Waals surface area contributed by atoms with Crippen molar-refractivity contribution in [3.63, 3.8) is 0 Å². The first-order valence-corrected chi connectivity index (χ1v) is 10.6. The number of carbonyl (C=O) groups is 1. The van der Waals surface area contributed by atoms with Gasteiger partial charge in [0.25, 0.3) is 5.91 Å². The van der Waals surface area contributed by atoms with E-state index < -0.39 is 11.0 Å². The van der Waals surface area contributed by atoms with Gasteiger partial charge in [-0.25, -0.2) is 8.51 Å². The number of likely N-dealkylation sites (N-methyl/N-ethyl adjacent to an activating group) is 1. The Hall–Kier alpha value is -1.96. The van der Waals surface area contributed by atoms with Crippen LogP contribution >= 0.6 is 11.6 Å². The van der Waals surface area contributed by atoms with Crippen LogP contribution in [0.3, 0.4) is 0 Å². The molecule has 2 aromatic rings. The highest BCUT2D eigenvalue weighted by molar-refractivity contribution is 7.81. The van der Waals surface area contributed by atoms with E-state index in [-0.39, 0.29) is 11.9 Å². The fourth-order valence-corrected chi connectivity index (χ4v) is 4.00. The van der Waals surface area contributed by atoms with E-state index in [1.165, 1.54) is 0 Å². The fourth-order valence-electron chi connectivity index (χ4n) is 3.05. The van der Waals surface area contributed by atoms with Gasteiger partial charge in [0.15, 0.2) is 0 Å². The average molecular weight is 407 g/mol. The number of carbonyl (C=O) groups excluding carboxylic acids is 1. The Labute approximate surface area is 167 Å². The van der Waals surface area contributed by atoms with Crippen molar-refractivity contribution in [3.05, 3.63) is 52.8 Å². The monoisotopic (exact) mass is 406 g/mol. The van der Waals surface area contributed by atoms with E-state index in [2.05, 4.69) is 15.2 Å². The van der Waals surface area contributed by atoms with Crippen LogP contribution in [0.5, 0.6) is 0 Å². The summed E-state index contributed by atoms with van der Waals surface area (Å²) in [6, 6.07) is 7.47. The highest BCUT2D eigenvalue weighted by atomic mass is 35.5. The number of nitrogens with zero attached hydrogens (tertiary/aromatic N) is 3. The van der Waals surface area contributed by atoms with E-state index in [1.807, 2.05) is 30.4 Å². The molecule has 0 bridgehead atoms. The highest BCUT2D eigenvalue weighted by Crippen LogP contribution is 2.24. The maximum Gasteiger partial charge on any atom is 0.255 e. The van der Waals surface area contributed by atoms with E-state index in [4.69, 9.17) is 11.6 Å². The number of aryl methyl sites for hydroxylation is 1. The van der Waals surface area contributed by atoms with E-state index in [0.29, 0.717) is 16.3 Å². The second kappa shape index (κ2) is 8.37. The summed E-state index contributed by atoms with van der Waals surface area (Å²) in [5.74, 6) is -0.179. The summed E-state index contributed by atoms with van der Waals surface area (Å²) in [6.45, 7) is 3.49. The fraction of sp³-hybridized carbons (Fsp3) is 0.368. The van der Waals surface area contributed by atoms with Crippen molar-refractivity contribution in [2.24, 2.45) is 0 Å². The summed E-state index contributed by atoms with van der Waals surface area (Å²) < 4.78 is 13.4. The van der Waals surface area contributed by atoms with E-state index >= 15 is 0 Å². The molecule has 2 heterocycles. The van der Waals surface area contributed by atoms with Crippen molar-refractivity contribution in [2.45, 2.75) is 19.4 Å². The van der Waals surface area contributed by atoms with Crippen molar-refractivity contribution >= 4 is 39.9 Å². The van der Waals surface area contributed by atoms with Gasteiger partial charge in [-0.15, -0.1) is 0 Å². The molecule has 1 aromatic carbocycles. The van der Waals surface area contributed by atoms with Crippen molar-refractivity contribution in [1.29, 1.82) is 0 Å². The Balaban J connectivity index is 1.71. The minimum Gasteiger partial charge on any atom is -0.368 e. The van der Waals surface area contributed by atoms with E-state index in [1.54, 1.807) is 30.8 Å². The predicted molar refractivity (Wildman–Crippen MR) is 111 cm³/mol. The lowest BCUT2D eigenvalue weighted by atomic mass is 10.0. The maximum absolute atomic E-state index is 12.7. The van der Waals surface area contributed by atoms with Gasteiger partial charge in [-0.2, -0.15) is 0 Å². The van der Waals surface area contributed by atoms with Crippen LogP contribution in [0.15, 0.2) is 36.7 Å². The molecule has 1 aliphatic rings. The number of nitrogens with one attached hydrogen (secondary N) is 1. The minimum atomic E-state index is -0.931. The molecule has 27 heavy (non-hydrogen) atoms. The zero-order chi connectivity index (χ0) is 19.6. The number of rotatable bonds is 6. The second-order valence-electron chi connectivity index (χ2n) is 6.58. The van der Waals surface area contributed by atoms with Gasteiger partial charge in [0, 0.05) is 37.0 Å². The summed E-state index contributed by atoms with van der Waals surface area (Å²) in [6.07, 6.45) is 5.81. The molecule has 0 aliphatic carbocycles. The van der Waals surface area contributed by atoms with Crippen molar-refractivity contribution in [3.8, 4) is 0 Å². The number of benzene rings is 1. The SMILES string of the molecule is CCc1cc(Cl)ccc1C(=O)Nc1cncc(N(C)C2CN(S(C)=O)C2)c1. The summed E-state index contributed by atoms with van der Waals surface area (Å²) in [7, 11) is 1.05. The molecular weight excluding hydrogens is 384 g/mol. The van der Waals surface area contributed by atoms with Crippen molar-refractivity contribution in [1.82, 2.24) is 9.29 Å². The largest absolute Gasteiger partial charge is 0.368 e. The lowest BCUT2D eigenvalue weighted by Crippen LogP contribution is -2.58. The van der Waals surface area contributed by atoms with Crippen molar-refractivity contribution < 1.29 is 9.00 Å². The Morgan fingerprint density at radius 3 is 2.78 bits per heavy atom. The lowest BCUT2D eigenvalue weighted by Gasteiger charge is -2.43. The third kappa shape index (κ3) is 4.48. The third-order valence-corrected chi connectivity index (χ3v) is 6.08. The molecule has 1 fully saturated rings. The van der Waals surface area contributed by atoms with Gasteiger partial charge in [0.05, 0.1) is 40.8 Å². The van der Waals surface area contributed by atoms with Crippen LogP contribution in [0.1, 0.15) is 22.8 Å². The molecular formula is C19H23ClN4O2S. The van der Waals surface area contributed by atoms with Crippen molar-refractivity contribution in [2.75, 3.05) is 36.6 Å². The first kappa shape index (κ1) is 19.8. The zero-order valence-electron chi connectivity index (χ0n) is 15.6. The molecule has 1 aromatic heterocycles. The standard InChI is InChI=1S/C19H23ClN4O2S/c1-4-13-7-14(20)5-6-18(13)19(25)22-15-8-16(10-21-9-15)23(2)17-11-24(12-17)27(3)26/h5-10,17H,4,11-12H2,1-3H3,(H,22,25). The molecule has 1 amide bonds. The molecule has 0 saturated carbocycles. The third-order valence-electron chi connectivity index (χ3n) is 4.82. The van der Waals surface area contributed by atoms with Crippen LogP contribution in [0, 0.1) is 0 Å². The van der Waals surface area contributed by atoms with Crippen LogP contribution in [0.4, 0.5) is 11.4 Å². The van der Waals surface area contributed by atoms with E-state index in [9.17, 15) is 9.00 Å². The molecule has 1 atom stereocenters. The minimum absolute atomic E-state index is 0.179. The summed E-state index contributed by atoms with van der Waals surface area (Å²) in [5, 5.41) is 3.54. The maximum atomic E-state index is 12.7. The number of pyridine rings is 1. The molecule has 1 aliphatic heterocycles. The number of anilines is 2. The van der Waals surface area contributed by atoms with E-state index in [0.717, 1.165) is 30.8 Å². The molecule has 0 spiro atoms. The molecule has 144 valence electrons. The van der Waals surface area contributed by atoms with Gasteiger partial charge in [-0.1, -0.05) is 18.5 Å². The molecule has 1 saturated heterocycles. The smallest absolute Gasteiger partial charge is 0.255 e.